The van der Waals surface area contributed by atoms with Crippen LogP contribution in [0.5, 0.6) is 0 Å². The molecule has 1 aliphatic heterocycles. The van der Waals surface area contributed by atoms with Crippen molar-refractivity contribution in [2.24, 2.45) is 0 Å². The maximum absolute atomic E-state index is 12.1. The van der Waals surface area contributed by atoms with E-state index in [1.807, 2.05) is 0 Å². The van der Waals surface area contributed by atoms with Gasteiger partial charge in [-0.1, -0.05) is 11.8 Å². The standard InChI is InChI=1S/C17H20N2O7S/c1-17(27(23)24,15(20)18-22)10-14-11-19(16(21)26-14)13-7-5-12(6-8-13)4-3-9-25-2/h5-8,14,22,27H,9-11H2,1-2H3,(H,18,20)/t14-,17+/m0/s1. The van der Waals surface area contributed by atoms with Crippen molar-refractivity contribution in [2.75, 3.05) is 25.2 Å². The minimum absolute atomic E-state index is 0.0744. The second kappa shape index (κ2) is 8.85. The van der Waals surface area contributed by atoms with Gasteiger partial charge in [0.05, 0.1) is 6.54 Å². The van der Waals surface area contributed by atoms with Crippen LogP contribution in [0.3, 0.4) is 0 Å². The van der Waals surface area contributed by atoms with Gasteiger partial charge >= 0.3 is 6.09 Å². The SMILES string of the molecule is COCC#Cc1ccc(N2C[C@H](C[C@](C)(C(=O)NO)[SH](=O)=O)OC2=O)cc1. The smallest absolute Gasteiger partial charge is 0.414 e. The number of cyclic esters (lactones) is 1. The summed E-state index contributed by atoms with van der Waals surface area (Å²) >= 11 is 0. The summed E-state index contributed by atoms with van der Waals surface area (Å²) in [5.41, 5.74) is 2.64. The molecule has 0 aliphatic carbocycles. The maximum Gasteiger partial charge on any atom is 0.414 e. The van der Waals surface area contributed by atoms with Crippen molar-refractivity contribution in [1.29, 1.82) is 0 Å². The molecule has 1 aliphatic rings. The van der Waals surface area contributed by atoms with Gasteiger partial charge in [-0.3, -0.25) is 14.9 Å². The number of hydroxylamine groups is 1. The monoisotopic (exact) mass is 396 g/mol. The van der Waals surface area contributed by atoms with Crippen LogP contribution in [0.15, 0.2) is 24.3 Å². The summed E-state index contributed by atoms with van der Waals surface area (Å²) in [5.74, 6) is 4.64. The van der Waals surface area contributed by atoms with Crippen LogP contribution in [0.4, 0.5) is 10.5 Å². The molecule has 1 heterocycles. The molecular weight excluding hydrogens is 376 g/mol. The second-order valence-electron chi connectivity index (χ2n) is 6.07. The van der Waals surface area contributed by atoms with Crippen LogP contribution >= 0.6 is 0 Å². The fourth-order valence-electron chi connectivity index (χ4n) is 2.59. The number of nitrogens with zero attached hydrogens (tertiary/aromatic N) is 1. The van der Waals surface area contributed by atoms with Crippen LogP contribution in [0, 0.1) is 11.8 Å². The third-order valence-electron chi connectivity index (χ3n) is 4.12. The summed E-state index contributed by atoms with van der Waals surface area (Å²) in [7, 11) is -1.66. The Morgan fingerprint density at radius 2 is 2.11 bits per heavy atom. The van der Waals surface area contributed by atoms with Gasteiger partial charge in [0.25, 0.3) is 5.91 Å². The highest BCUT2D eigenvalue weighted by Crippen LogP contribution is 2.27. The highest BCUT2D eigenvalue weighted by Gasteiger charge is 2.44. The normalized spacial score (nSPS) is 18.4. The molecule has 9 nitrogen and oxygen atoms in total. The number of carbonyl (C=O) groups excluding carboxylic acids is 2. The average Bonchev–Trinajstić information content (AvgIpc) is 3.01. The third-order valence-corrected chi connectivity index (χ3v) is 5.31. The van der Waals surface area contributed by atoms with Crippen LogP contribution in [-0.4, -0.2) is 56.7 Å². The first kappa shape index (κ1) is 20.7. The predicted molar refractivity (Wildman–Crippen MR) is 96.1 cm³/mol. The van der Waals surface area contributed by atoms with Gasteiger partial charge in [-0.05, 0) is 31.2 Å². The molecule has 0 aromatic heterocycles. The molecule has 0 spiro atoms. The minimum Gasteiger partial charge on any atom is -0.444 e. The predicted octanol–water partition coefficient (Wildman–Crippen LogP) is 0.275. The lowest BCUT2D eigenvalue weighted by Crippen LogP contribution is -2.47. The zero-order valence-electron chi connectivity index (χ0n) is 14.8. The van der Waals surface area contributed by atoms with Crippen molar-refractivity contribution in [1.82, 2.24) is 5.48 Å². The Kier molecular flexibility index (Phi) is 6.79. The van der Waals surface area contributed by atoms with Crippen LogP contribution in [-0.2, 0) is 25.0 Å². The van der Waals surface area contributed by atoms with E-state index in [0.29, 0.717) is 12.3 Å². The van der Waals surface area contributed by atoms with Gasteiger partial charge in [-0.2, -0.15) is 0 Å². The molecule has 27 heavy (non-hydrogen) atoms. The molecule has 146 valence electrons. The largest absolute Gasteiger partial charge is 0.444 e. The zero-order chi connectivity index (χ0) is 20.0. The van der Waals surface area contributed by atoms with Gasteiger partial charge in [0.15, 0.2) is 15.5 Å². The Hall–Kier alpha value is -2.61. The lowest BCUT2D eigenvalue weighted by molar-refractivity contribution is -0.132. The van der Waals surface area contributed by atoms with Crippen LogP contribution in [0.2, 0.25) is 0 Å². The van der Waals surface area contributed by atoms with E-state index >= 15 is 0 Å². The summed E-state index contributed by atoms with van der Waals surface area (Å²) < 4.78 is 31.1. The quantitative estimate of drug-likeness (QED) is 0.273. The number of carbonyl (C=O) groups is 2. The van der Waals surface area contributed by atoms with E-state index in [4.69, 9.17) is 14.7 Å². The molecule has 0 radical (unpaired) electrons. The molecule has 2 N–H and O–H groups in total. The van der Waals surface area contributed by atoms with E-state index in [9.17, 15) is 18.0 Å². The molecule has 0 unspecified atom stereocenters. The number of rotatable bonds is 6. The van der Waals surface area contributed by atoms with Crippen molar-refractivity contribution >= 4 is 28.4 Å². The molecule has 1 aromatic rings. The molecule has 1 aromatic carbocycles. The highest BCUT2D eigenvalue weighted by molar-refractivity contribution is 7.75. The Labute approximate surface area is 158 Å². The van der Waals surface area contributed by atoms with E-state index < -0.39 is 33.6 Å². The molecule has 2 rings (SSSR count). The number of ether oxygens (including phenoxy) is 2. The fraction of sp³-hybridized carbons (Fsp3) is 0.412. The molecular formula is C17H20N2O7S. The third kappa shape index (κ3) is 4.77. The topological polar surface area (TPSA) is 122 Å². The number of hydrogen-bond donors (Lipinski definition) is 3. The number of hydrogen-bond acceptors (Lipinski definition) is 7. The van der Waals surface area contributed by atoms with Gasteiger partial charge in [0.1, 0.15) is 12.7 Å². The number of nitrogens with one attached hydrogen (secondary N) is 1. The van der Waals surface area contributed by atoms with Crippen molar-refractivity contribution in [3.63, 3.8) is 0 Å². The molecule has 1 saturated heterocycles. The summed E-state index contributed by atoms with van der Waals surface area (Å²) in [4.78, 5) is 25.2. The van der Waals surface area contributed by atoms with Crippen molar-refractivity contribution < 1.29 is 32.7 Å². The number of benzene rings is 1. The zero-order valence-corrected chi connectivity index (χ0v) is 15.7. The van der Waals surface area contributed by atoms with Crippen molar-refractivity contribution in [2.45, 2.75) is 24.2 Å². The number of methoxy groups -OCH3 is 1. The van der Waals surface area contributed by atoms with Crippen LogP contribution < -0.4 is 10.4 Å². The van der Waals surface area contributed by atoms with Crippen molar-refractivity contribution in [3.8, 4) is 11.8 Å². The second-order valence-corrected chi connectivity index (χ2v) is 7.58. The molecule has 2 amide bonds. The maximum atomic E-state index is 12.1. The summed E-state index contributed by atoms with van der Waals surface area (Å²) in [6, 6.07) is 6.84. The highest BCUT2D eigenvalue weighted by atomic mass is 32.2. The van der Waals surface area contributed by atoms with E-state index in [1.54, 1.807) is 31.4 Å². The average molecular weight is 396 g/mol. The van der Waals surface area contributed by atoms with Crippen molar-refractivity contribution in [3.05, 3.63) is 29.8 Å². The lowest BCUT2D eigenvalue weighted by Gasteiger charge is -2.22. The number of anilines is 1. The van der Waals surface area contributed by atoms with E-state index in [2.05, 4.69) is 11.8 Å². The minimum atomic E-state index is -3.21. The van der Waals surface area contributed by atoms with Gasteiger partial charge < -0.3 is 9.47 Å². The summed E-state index contributed by atoms with van der Waals surface area (Å²) in [5, 5.41) is 8.77. The van der Waals surface area contributed by atoms with Gasteiger partial charge in [0, 0.05) is 24.8 Å². The van der Waals surface area contributed by atoms with Gasteiger partial charge in [0.2, 0.25) is 0 Å². The van der Waals surface area contributed by atoms with Crippen LogP contribution in [0.1, 0.15) is 18.9 Å². The van der Waals surface area contributed by atoms with E-state index in [0.717, 1.165) is 12.5 Å². The first-order valence-corrected chi connectivity index (χ1v) is 9.14. The molecule has 1 fully saturated rings. The summed E-state index contributed by atoms with van der Waals surface area (Å²) in [6.45, 7) is 1.54. The molecule has 10 heteroatoms. The Morgan fingerprint density at radius 1 is 1.44 bits per heavy atom. The number of thiol groups is 1. The lowest BCUT2D eigenvalue weighted by atomic mass is 10.0. The molecule has 0 bridgehead atoms. The first-order chi connectivity index (χ1) is 12.8. The number of amides is 2. The molecule has 2 atom stereocenters. The van der Waals surface area contributed by atoms with E-state index in [1.165, 1.54) is 10.4 Å². The Balaban J connectivity index is 2.11. The summed E-state index contributed by atoms with van der Waals surface area (Å²) in [6.07, 6.45) is -1.75. The van der Waals surface area contributed by atoms with E-state index in [-0.39, 0.29) is 13.0 Å². The fourth-order valence-corrected chi connectivity index (χ4v) is 3.16. The Bertz CT molecular complexity index is 833. The Morgan fingerprint density at radius 3 is 2.67 bits per heavy atom. The molecule has 0 saturated carbocycles. The van der Waals surface area contributed by atoms with Gasteiger partial charge in [-0.15, -0.1) is 0 Å². The first-order valence-electron chi connectivity index (χ1n) is 7.97. The van der Waals surface area contributed by atoms with Gasteiger partial charge in [-0.25, -0.2) is 18.7 Å². The van der Waals surface area contributed by atoms with Crippen LogP contribution in [0.25, 0.3) is 0 Å².